The van der Waals surface area contributed by atoms with E-state index in [4.69, 9.17) is 18.2 Å². The average Bonchev–Trinajstić information content (AvgIpc) is 3.52. The van der Waals surface area contributed by atoms with Gasteiger partial charge in [-0.3, -0.25) is 14.2 Å². The number of aryl methyl sites for hydroxylation is 3. The van der Waals surface area contributed by atoms with Crippen LogP contribution < -0.4 is 0 Å². The fourth-order valence-electron chi connectivity index (χ4n) is 3.22. The van der Waals surface area contributed by atoms with E-state index < -0.39 is 5.97 Å². The summed E-state index contributed by atoms with van der Waals surface area (Å²) in [4.78, 5) is 28.8. The number of hydrogen-bond acceptors (Lipinski definition) is 9. The Morgan fingerprint density at radius 1 is 1.13 bits per heavy atom. The van der Waals surface area contributed by atoms with Crippen molar-refractivity contribution in [3.05, 3.63) is 59.1 Å². The Bertz CT molecular complexity index is 1210. The zero-order valence-corrected chi connectivity index (χ0v) is 17.2. The summed E-state index contributed by atoms with van der Waals surface area (Å²) in [5.74, 6) is 1.49. The molecule has 4 aromatic heterocycles. The molecule has 0 bridgehead atoms. The number of Topliss-reactive ketones (excluding diaryl/α,β-unsaturated/α-hetero) is 1. The maximum absolute atomic E-state index is 12.6. The van der Waals surface area contributed by atoms with Gasteiger partial charge in [0.2, 0.25) is 17.5 Å². The maximum atomic E-state index is 12.6. The van der Waals surface area contributed by atoms with E-state index in [9.17, 15) is 9.59 Å². The standard InChI is InChI=1S/C21H20N4O6/c1-12-9-15(14(3)25(12)18-10-13(2)30-23-18)16(26)11-29-20(27)7-6-19-22-21(24-31-19)17-5-4-8-28-17/h4-5,8-10H,6-7,11H2,1-3H3. The Balaban J connectivity index is 1.32. The molecular weight excluding hydrogens is 404 g/mol. The Hall–Kier alpha value is -3.95. The highest BCUT2D eigenvalue weighted by Gasteiger charge is 2.20. The molecule has 10 nitrogen and oxygen atoms in total. The molecule has 0 aliphatic rings. The van der Waals surface area contributed by atoms with Crippen LogP contribution in [0.4, 0.5) is 0 Å². The smallest absolute Gasteiger partial charge is 0.306 e. The van der Waals surface area contributed by atoms with Gasteiger partial charge in [-0.15, -0.1) is 0 Å². The molecule has 0 spiro atoms. The van der Waals surface area contributed by atoms with E-state index in [-0.39, 0.29) is 31.1 Å². The maximum Gasteiger partial charge on any atom is 0.306 e. The number of carbonyl (C=O) groups is 2. The van der Waals surface area contributed by atoms with Crippen molar-refractivity contribution in [1.82, 2.24) is 19.9 Å². The molecule has 0 aliphatic heterocycles. The Kier molecular flexibility index (Phi) is 5.52. The van der Waals surface area contributed by atoms with Gasteiger partial charge in [-0.2, -0.15) is 4.98 Å². The summed E-state index contributed by atoms with van der Waals surface area (Å²) < 4.78 is 22.4. The minimum Gasteiger partial charge on any atom is -0.461 e. The largest absolute Gasteiger partial charge is 0.461 e. The molecule has 4 aromatic rings. The molecule has 4 rings (SSSR count). The van der Waals surface area contributed by atoms with E-state index in [0.29, 0.717) is 34.4 Å². The van der Waals surface area contributed by atoms with Crippen molar-refractivity contribution in [3.8, 4) is 17.4 Å². The summed E-state index contributed by atoms with van der Waals surface area (Å²) in [7, 11) is 0. The van der Waals surface area contributed by atoms with Gasteiger partial charge in [0.15, 0.2) is 18.2 Å². The Labute approximate surface area is 176 Å². The van der Waals surface area contributed by atoms with E-state index in [0.717, 1.165) is 5.69 Å². The van der Waals surface area contributed by atoms with E-state index in [1.54, 1.807) is 38.1 Å². The number of esters is 1. The van der Waals surface area contributed by atoms with Gasteiger partial charge in [-0.05, 0) is 39.0 Å². The van der Waals surface area contributed by atoms with Gasteiger partial charge in [0.1, 0.15) is 5.76 Å². The molecule has 0 N–H and O–H groups in total. The molecule has 0 aliphatic carbocycles. The lowest BCUT2D eigenvalue weighted by Gasteiger charge is -2.06. The van der Waals surface area contributed by atoms with Gasteiger partial charge in [-0.1, -0.05) is 10.3 Å². The summed E-state index contributed by atoms with van der Waals surface area (Å²) in [5, 5.41) is 7.79. The van der Waals surface area contributed by atoms with Crippen LogP contribution in [0.15, 0.2) is 44.0 Å². The predicted octanol–water partition coefficient (Wildman–Crippen LogP) is 3.39. The first-order valence-corrected chi connectivity index (χ1v) is 9.60. The Morgan fingerprint density at radius 3 is 2.68 bits per heavy atom. The summed E-state index contributed by atoms with van der Waals surface area (Å²) in [6.45, 7) is 5.10. The number of ether oxygens (including phenoxy) is 1. The van der Waals surface area contributed by atoms with Crippen molar-refractivity contribution < 1.29 is 27.8 Å². The molecule has 0 radical (unpaired) electrons. The summed E-state index contributed by atoms with van der Waals surface area (Å²) in [5.41, 5.74) is 1.98. The highest BCUT2D eigenvalue weighted by molar-refractivity contribution is 5.99. The minimum absolute atomic E-state index is 0.00427. The molecule has 0 saturated carbocycles. The van der Waals surface area contributed by atoms with Gasteiger partial charge in [0.25, 0.3) is 0 Å². The lowest BCUT2D eigenvalue weighted by atomic mass is 10.1. The third kappa shape index (κ3) is 4.32. The second kappa shape index (κ2) is 8.42. The molecule has 0 amide bonds. The number of nitrogens with zero attached hydrogens (tertiary/aromatic N) is 4. The molecule has 0 saturated heterocycles. The number of carbonyl (C=O) groups excluding carboxylic acids is 2. The van der Waals surface area contributed by atoms with Crippen LogP contribution in [0, 0.1) is 20.8 Å². The highest BCUT2D eigenvalue weighted by atomic mass is 16.5. The molecule has 0 fully saturated rings. The second-order valence-corrected chi connectivity index (χ2v) is 6.99. The number of aromatic nitrogens is 4. The van der Waals surface area contributed by atoms with E-state index in [2.05, 4.69) is 15.3 Å². The summed E-state index contributed by atoms with van der Waals surface area (Å²) >= 11 is 0. The topological polar surface area (TPSA) is 126 Å². The second-order valence-electron chi connectivity index (χ2n) is 6.99. The first-order chi connectivity index (χ1) is 14.9. The molecule has 31 heavy (non-hydrogen) atoms. The van der Waals surface area contributed by atoms with Crippen molar-refractivity contribution in [2.24, 2.45) is 0 Å². The predicted molar refractivity (Wildman–Crippen MR) is 106 cm³/mol. The van der Waals surface area contributed by atoms with E-state index >= 15 is 0 Å². The molecule has 10 heteroatoms. The first kappa shape index (κ1) is 20.3. The quantitative estimate of drug-likeness (QED) is 0.309. The van der Waals surface area contributed by atoms with Crippen molar-refractivity contribution >= 4 is 11.8 Å². The van der Waals surface area contributed by atoms with Crippen molar-refractivity contribution in [2.75, 3.05) is 6.61 Å². The van der Waals surface area contributed by atoms with Crippen LogP contribution in [-0.2, 0) is 16.0 Å². The van der Waals surface area contributed by atoms with Crippen LogP contribution in [0.1, 0.15) is 39.8 Å². The monoisotopic (exact) mass is 424 g/mol. The normalized spacial score (nSPS) is 11.1. The highest BCUT2D eigenvalue weighted by Crippen LogP contribution is 2.21. The van der Waals surface area contributed by atoms with E-state index in [1.807, 2.05) is 11.5 Å². The number of hydrogen-bond donors (Lipinski definition) is 0. The molecule has 0 aromatic carbocycles. The molecule has 0 unspecified atom stereocenters. The molecule has 160 valence electrons. The third-order valence-corrected chi connectivity index (χ3v) is 4.69. The first-order valence-electron chi connectivity index (χ1n) is 9.60. The third-order valence-electron chi connectivity index (χ3n) is 4.69. The number of furan rings is 1. The van der Waals surface area contributed by atoms with Crippen LogP contribution in [0.3, 0.4) is 0 Å². The zero-order chi connectivity index (χ0) is 22.0. The van der Waals surface area contributed by atoms with Crippen molar-refractivity contribution in [1.29, 1.82) is 0 Å². The van der Waals surface area contributed by atoms with Crippen LogP contribution in [0.2, 0.25) is 0 Å². The van der Waals surface area contributed by atoms with Crippen LogP contribution in [-0.4, -0.2) is 38.2 Å². The average molecular weight is 424 g/mol. The fourth-order valence-corrected chi connectivity index (χ4v) is 3.22. The van der Waals surface area contributed by atoms with Crippen LogP contribution in [0.25, 0.3) is 17.4 Å². The zero-order valence-electron chi connectivity index (χ0n) is 17.2. The van der Waals surface area contributed by atoms with Gasteiger partial charge in [0, 0.05) is 29.4 Å². The SMILES string of the molecule is Cc1cc(-n2c(C)cc(C(=O)COC(=O)CCc3nc(-c4ccco4)no3)c2C)no1. The lowest BCUT2D eigenvalue weighted by Crippen LogP contribution is -2.15. The Morgan fingerprint density at radius 2 is 1.97 bits per heavy atom. The number of ketones is 1. The summed E-state index contributed by atoms with van der Waals surface area (Å²) in [6, 6.07) is 6.94. The molecule has 0 atom stereocenters. The molecular formula is C21H20N4O6. The van der Waals surface area contributed by atoms with Crippen molar-refractivity contribution in [3.63, 3.8) is 0 Å². The number of rotatable bonds is 8. The van der Waals surface area contributed by atoms with Gasteiger partial charge >= 0.3 is 5.97 Å². The fraction of sp³-hybridized carbons (Fsp3) is 0.286. The lowest BCUT2D eigenvalue weighted by molar-refractivity contribution is -0.142. The van der Waals surface area contributed by atoms with Crippen LogP contribution >= 0.6 is 0 Å². The summed E-state index contributed by atoms with van der Waals surface area (Å²) in [6.07, 6.45) is 1.70. The minimum atomic E-state index is -0.535. The van der Waals surface area contributed by atoms with Gasteiger partial charge in [0.05, 0.1) is 12.7 Å². The van der Waals surface area contributed by atoms with Crippen molar-refractivity contribution in [2.45, 2.75) is 33.6 Å². The van der Waals surface area contributed by atoms with E-state index in [1.165, 1.54) is 6.26 Å². The molecule has 4 heterocycles. The van der Waals surface area contributed by atoms with Gasteiger partial charge in [-0.25, -0.2) is 0 Å². The van der Waals surface area contributed by atoms with Crippen LogP contribution in [0.5, 0.6) is 0 Å². The van der Waals surface area contributed by atoms with Gasteiger partial charge < -0.3 is 18.2 Å².